The minimum absolute atomic E-state index is 0.106. The van der Waals surface area contributed by atoms with Crippen molar-refractivity contribution in [2.75, 3.05) is 7.11 Å². The Morgan fingerprint density at radius 2 is 1.77 bits per heavy atom. The largest absolute Gasteiger partial charge is 0.496 e. The number of aromatic nitrogens is 2. The third-order valence-corrected chi connectivity index (χ3v) is 3.55. The number of para-hydroxylation sites is 3. The smallest absolute Gasteiger partial charge is 0.280 e. The Hall–Kier alpha value is -2.95. The molecular weight excluding hydrogens is 280 g/mol. The van der Waals surface area contributed by atoms with Gasteiger partial charge in [0.25, 0.3) is 5.56 Å². The Bertz CT molecular complexity index is 929. The van der Waals surface area contributed by atoms with Crippen LogP contribution in [-0.4, -0.2) is 22.4 Å². The molecule has 0 radical (unpaired) electrons. The number of fused-ring (bicyclic) bond motifs is 1. The van der Waals surface area contributed by atoms with Crippen molar-refractivity contribution in [3.63, 3.8) is 0 Å². The Kier molecular flexibility index (Phi) is 3.47. The lowest BCUT2D eigenvalue weighted by Crippen LogP contribution is -2.27. The van der Waals surface area contributed by atoms with Crippen LogP contribution in [0.5, 0.6) is 5.75 Å². The number of hydrogen-bond acceptors (Lipinski definition) is 4. The predicted octanol–water partition coefficient (Wildman–Crippen LogP) is 2.17. The molecule has 3 rings (SSSR count). The van der Waals surface area contributed by atoms with Crippen LogP contribution in [-0.2, 0) is 7.05 Å². The van der Waals surface area contributed by atoms with Crippen LogP contribution in [0.3, 0.4) is 0 Å². The predicted molar refractivity (Wildman–Crippen MR) is 83.4 cm³/mol. The molecule has 5 nitrogen and oxygen atoms in total. The van der Waals surface area contributed by atoms with E-state index in [1.165, 1.54) is 11.7 Å². The SMILES string of the molecule is COc1ccccc1C(=O)c1nc2ccccc2n(C)c1=O. The third kappa shape index (κ3) is 2.16. The summed E-state index contributed by atoms with van der Waals surface area (Å²) < 4.78 is 6.62. The highest BCUT2D eigenvalue weighted by atomic mass is 16.5. The molecule has 0 N–H and O–H groups in total. The molecule has 0 amide bonds. The first-order valence-corrected chi connectivity index (χ1v) is 6.77. The van der Waals surface area contributed by atoms with E-state index in [9.17, 15) is 9.59 Å². The monoisotopic (exact) mass is 294 g/mol. The quantitative estimate of drug-likeness (QED) is 0.695. The minimum Gasteiger partial charge on any atom is -0.496 e. The van der Waals surface area contributed by atoms with Crippen molar-refractivity contribution in [2.24, 2.45) is 7.05 Å². The number of hydrogen-bond donors (Lipinski definition) is 0. The number of methoxy groups -OCH3 is 1. The standard InChI is InChI=1S/C17H14N2O3/c1-19-13-9-5-4-8-12(13)18-15(17(19)21)16(20)11-7-3-6-10-14(11)22-2/h3-10H,1-2H3. The second kappa shape index (κ2) is 5.44. The maximum absolute atomic E-state index is 12.7. The van der Waals surface area contributed by atoms with Gasteiger partial charge in [-0.2, -0.15) is 0 Å². The summed E-state index contributed by atoms with van der Waals surface area (Å²) in [5, 5.41) is 0. The van der Waals surface area contributed by atoms with Gasteiger partial charge in [-0.25, -0.2) is 4.98 Å². The number of ether oxygens (including phenoxy) is 1. The summed E-state index contributed by atoms with van der Waals surface area (Å²) in [5.74, 6) is -0.0201. The zero-order valence-electron chi connectivity index (χ0n) is 12.2. The molecule has 110 valence electrons. The highest BCUT2D eigenvalue weighted by Crippen LogP contribution is 2.20. The topological polar surface area (TPSA) is 61.2 Å². The molecular formula is C17H14N2O3. The van der Waals surface area contributed by atoms with Gasteiger partial charge in [0, 0.05) is 7.05 Å². The third-order valence-electron chi connectivity index (χ3n) is 3.55. The molecule has 2 aromatic carbocycles. The molecule has 5 heteroatoms. The lowest BCUT2D eigenvalue weighted by molar-refractivity contribution is 0.103. The zero-order chi connectivity index (χ0) is 15.7. The summed E-state index contributed by atoms with van der Waals surface area (Å²) in [6, 6.07) is 14.0. The van der Waals surface area contributed by atoms with Crippen LogP contribution >= 0.6 is 0 Å². The van der Waals surface area contributed by atoms with E-state index in [1.807, 2.05) is 12.1 Å². The van der Waals surface area contributed by atoms with Gasteiger partial charge < -0.3 is 9.30 Å². The molecule has 0 bridgehead atoms. The van der Waals surface area contributed by atoms with E-state index in [0.717, 1.165) is 0 Å². The molecule has 0 spiro atoms. The second-order valence-corrected chi connectivity index (χ2v) is 4.84. The van der Waals surface area contributed by atoms with Gasteiger partial charge in [0.05, 0.1) is 23.7 Å². The van der Waals surface area contributed by atoms with E-state index in [1.54, 1.807) is 43.4 Å². The van der Waals surface area contributed by atoms with Crippen LogP contribution in [0.4, 0.5) is 0 Å². The van der Waals surface area contributed by atoms with Gasteiger partial charge >= 0.3 is 0 Å². The average Bonchev–Trinajstić information content (AvgIpc) is 2.57. The summed E-state index contributed by atoms with van der Waals surface area (Å²) in [6.07, 6.45) is 0. The summed E-state index contributed by atoms with van der Waals surface area (Å²) >= 11 is 0. The summed E-state index contributed by atoms with van der Waals surface area (Å²) in [5.41, 5.74) is 1.08. The minimum atomic E-state index is -0.441. The number of carbonyl (C=O) groups excluding carboxylic acids is 1. The molecule has 0 saturated carbocycles. The van der Waals surface area contributed by atoms with E-state index >= 15 is 0 Å². The first-order valence-electron chi connectivity index (χ1n) is 6.77. The van der Waals surface area contributed by atoms with Gasteiger partial charge in [-0.3, -0.25) is 9.59 Å². The molecule has 3 aromatic rings. The summed E-state index contributed by atoms with van der Waals surface area (Å²) in [7, 11) is 3.11. The van der Waals surface area contributed by atoms with E-state index < -0.39 is 11.3 Å². The number of aryl methyl sites for hydroxylation is 1. The molecule has 22 heavy (non-hydrogen) atoms. The lowest BCUT2D eigenvalue weighted by atomic mass is 10.1. The molecule has 0 atom stereocenters. The van der Waals surface area contributed by atoms with E-state index in [4.69, 9.17) is 4.74 Å². The van der Waals surface area contributed by atoms with E-state index in [-0.39, 0.29) is 5.69 Å². The number of benzene rings is 2. The second-order valence-electron chi connectivity index (χ2n) is 4.84. The number of ketones is 1. The van der Waals surface area contributed by atoms with Gasteiger partial charge in [0.2, 0.25) is 5.78 Å². The Morgan fingerprint density at radius 1 is 1.09 bits per heavy atom. The van der Waals surface area contributed by atoms with Crippen molar-refractivity contribution < 1.29 is 9.53 Å². The summed E-state index contributed by atoms with van der Waals surface area (Å²) in [4.78, 5) is 29.4. The average molecular weight is 294 g/mol. The molecule has 0 aliphatic heterocycles. The number of nitrogens with zero attached hydrogens (tertiary/aromatic N) is 2. The summed E-state index contributed by atoms with van der Waals surface area (Å²) in [6.45, 7) is 0. The maximum atomic E-state index is 12.7. The van der Waals surface area contributed by atoms with Crippen molar-refractivity contribution in [2.45, 2.75) is 0 Å². The van der Waals surface area contributed by atoms with Crippen LogP contribution in [0.2, 0.25) is 0 Å². The first kappa shape index (κ1) is 14.0. The Balaban J connectivity index is 2.24. The molecule has 0 unspecified atom stereocenters. The Labute approximate surface area is 126 Å². The fourth-order valence-corrected chi connectivity index (χ4v) is 2.39. The normalized spacial score (nSPS) is 10.6. The molecule has 1 aromatic heterocycles. The molecule has 0 saturated heterocycles. The molecule has 0 aliphatic rings. The van der Waals surface area contributed by atoms with Gasteiger partial charge in [-0.1, -0.05) is 24.3 Å². The molecule has 1 heterocycles. The molecule has 0 fully saturated rings. The van der Waals surface area contributed by atoms with Crippen molar-refractivity contribution in [3.05, 3.63) is 70.1 Å². The van der Waals surface area contributed by atoms with Crippen LogP contribution in [0.25, 0.3) is 11.0 Å². The molecule has 0 aliphatic carbocycles. The van der Waals surface area contributed by atoms with Crippen LogP contribution in [0.15, 0.2) is 53.3 Å². The van der Waals surface area contributed by atoms with Crippen LogP contribution < -0.4 is 10.3 Å². The number of rotatable bonds is 3. The van der Waals surface area contributed by atoms with Crippen molar-refractivity contribution in [3.8, 4) is 5.75 Å². The van der Waals surface area contributed by atoms with E-state index in [2.05, 4.69) is 4.98 Å². The van der Waals surface area contributed by atoms with Crippen molar-refractivity contribution in [1.82, 2.24) is 9.55 Å². The van der Waals surface area contributed by atoms with Gasteiger partial charge in [-0.05, 0) is 24.3 Å². The van der Waals surface area contributed by atoms with E-state index in [0.29, 0.717) is 22.3 Å². The van der Waals surface area contributed by atoms with Gasteiger partial charge in [0.1, 0.15) is 5.75 Å². The highest BCUT2D eigenvalue weighted by molar-refractivity contribution is 6.09. The fourth-order valence-electron chi connectivity index (χ4n) is 2.39. The van der Waals surface area contributed by atoms with Crippen LogP contribution in [0, 0.1) is 0 Å². The first-order chi connectivity index (χ1) is 10.6. The zero-order valence-corrected chi connectivity index (χ0v) is 12.2. The number of carbonyl (C=O) groups is 1. The van der Waals surface area contributed by atoms with Crippen molar-refractivity contribution >= 4 is 16.8 Å². The van der Waals surface area contributed by atoms with Gasteiger partial charge in [-0.15, -0.1) is 0 Å². The van der Waals surface area contributed by atoms with Crippen LogP contribution in [0.1, 0.15) is 16.1 Å². The van der Waals surface area contributed by atoms with Gasteiger partial charge in [0.15, 0.2) is 5.69 Å². The maximum Gasteiger partial charge on any atom is 0.280 e. The fraction of sp³-hybridized carbons (Fsp3) is 0.118. The highest BCUT2D eigenvalue weighted by Gasteiger charge is 2.20. The lowest BCUT2D eigenvalue weighted by Gasteiger charge is -2.09. The Morgan fingerprint density at radius 3 is 2.55 bits per heavy atom. The van der Waals surface area contributed by atoms with Crippen molar-refractivity contribution in [1.29, 1.82) is 0 Å².